The van der Waals surface area contributed by atoms with Crippen molar-refractivity contribution in [3.8, 4) is 0 Å². The summed E-state index contributed by atoms with van der Waals surface area (Å²) in [5, 5.41) is 6.46. The number of nitrogens with zero attached hydrogens (tertiary/aromatic N) is 2. The Kier molecular flexibility index (Phi) is 3.19. The Bertz CT molecular complexity index is 369. The molecular formula is C10H16N4O2. The molecule has 3 N–H and O–H groups in total. The van der Waals surface area contributed by atoms with Crippen LogP contribution >= 0.6 is 0 Å². The lowest BCUT2D eigenvalue weighted by Gasteiger charge is -2.26. The molecule has 1 amide bonds. The van der Waals surface area contributed by atoms with E-state index >= 15 is 0 Å². The average molecular weight is 224 g/mol. The molecule has 1 heterocycles. The van der Waals surface area contributed by atoms with Gasteiger partial charge in [-0.05, 0) is 25.7 Å². The van der Waals surface area contributed by atoms with Crippen LogP contribution in [-0.4, -0.2) is 28.1 Å². The molecule has 1 aromatic rings. The maximum absolute atomic E-state index is 11.7. The van der Waals surface area contributed by atoms with E-state index in [0.717, 1.165) is 25.7 Å². The van der Waals surface area contributed by atoms with Crippen molar-refractivity contribution < 1.29 is 9.32 Å². The number of carbonyl (C=O) groups excluding carboxylic acids is 1. The second kappa shape index (κ2) is 4.61. The molecule has 2 rings (SSSR count). The van der Waals surface area contributed by atoms with E-state index in [1.54, 1.807) is 6.92 Å². The van der Waals surface area contributed by atoms with Crippen LogP contribution in [0.25, 0.3) is 0 Å². The van der Waals surface area contributed by atoms with Gasteiger partial charge in [0.15, 0.2) is 0 Å². The molecule has 1 aliphatic carbocycles. The monoisotopic (exact) mass is 224 g/mol. The van der Waals surface area contributed by atoms with Crippen molar-refractivity contribution in [3.05, 3.63) is 11.7 Å². The van der Waals surface area contributed by atoms with E-state index in [4.69, 9.17) is 10.3 Å². The molecular weight excluding hydrogens is 208 g/mol. The summed E-state index contributed by atoms with van der Waals surface area (Å²) >= 11 is 0. The Morgan fingerprint density at radius 3 is 2.69 bits per heavy atom. The Hall–Kier alpha value is -1.43. The van der Waals surface area contributed by atoms with Gasteiger partial charge in [0.05, 0.1) is 0 Å². The van der Waals surface area contributed by atoms with Gasteiger partial charge in [-0.3, -0.25) is 4.79 Å². The first kappa shape index (κ1) is 11.1. The van der Waals surface area contributed by atoms with Crippen LogP contribution in [0.3, 0.4) is 0 Å². The normalized spacial score (nSPS) is 25.4. The first-order valence-electron chi connectivity index (χ1n) is 5.52. The van der Waals surface area contributed by atoms with Crippen molar-refractivity contribution in [2.75, 3.05) is 0 Å². The average Bonchev–Trinajstić information content (AvgIpc) is 2.68. The fourth-order valence-electron chi connectivity index (χ4n) is 1.90. The van der Waals surface area contributed by atoms with Crippen molar-refractivity contribution in [2.45, 2.75) is 44.7 Å². The van der Waals surface area contributed by atoms with E-state index in [0.29, 0.717) is 5.89 Å². The summed E-state index contributed by atoms with van der Waals surface area (Å²) in [5.74, 6) is 0.237. The maximum atomic E-state index is 11.7. The summed E-state index contributed by atoms with van der Waals surface area (Å²) in [6.07, 6.45) is 3.75. The van der Waals surface area contributed by atoms with Gasteiger partial charge in [-0.15, -0.1) is 0 Å². The second-order valence-corrected chi connectivity index (χ2v) is 4.22. The van der Waals surface area contributed by atoms with Crippen molar-refractivity contribution in [3.63, 3.8) is 0 Å². The van der Waals surface area contributed by atoms with Crippen LogP contribution in [0.5, 0.6) is 0 Å². The quantitative estimate of drug-likeness (QED) is 0.757. The van der Waals surface area contributed by atoms with E-state index in [1.807, 2.05) is 0 Å². The largest absolute Gasteiger partial charge is 0.346 e. The van der Waals surface area contributed by atoms with Gasteiger partial charge in [-0.2, -0.15) is 4.98 Å². The van der Waals surface area contributed by atoms with Gasteiger partial charge in [0, 0.05) is 19.0 Å². The zero-order valence-corrected chi connectivity index (χ0v) is 9.27. The molecule has 0 aliphatic heterocycles. The van der Waals surface area contributed by atoms with Gasteiger partial charge in [0.1, 0.15) is 0 Å². The number of aryl methyl sites for hydroxylation is 1. The molecule has 6 heteroatoms. The highest BCUT2D eigenvalue weighted by atomic mass is 16.5. The van der Waals surface area contributed by atoms with Crippen LogP contribution in [0, 0.1) is 6.92 Å². The standard InChI is InChI=1S/C10H16N4O2/c1-6-12-9(14-16-6)10(15)13-8-4-2-7(11)3-5-8/h7-8H,2-5,11H2,1H3,(H,13,15). The summed E-state index contributed by atoms with van der Waals surface area (Å²) in [4.78, 5) is 15.6. The molecule has 16 heavy (non-hydrogen) atoms. The molecule has 0 atom stereocenters. The second-order valence-electron chi connectivity index (χ2n) is 4.22. The summed E-state index contributed by atoms with van der Waals surface area (Å²) in [5.41, 5.74) is 5.79. The maximum Gasteiger partial charge on any atom is 0.292 e. The van der Waals surface area contributed by atoms with Crippen molar-refractivity contribution in [1.29, 1.82) is 0 Å². The first-order chi connectivity index (χ1) is 7.65. The number of amides is 1. The Labute approximate surface area is 93.6 Å². The minimum Gasteiger partial charge on any atom is -0.346 e. The topological polar surface area (TPSA) is 94.0 Å². The zero-order valence-electron chi connectivity index (χ0n) is 9.27. The molecule has 1 saturated carbocycles. The van der Waals surface area contributed by atoms with Gasteiger partial charge < -0.3 is 15.6 Å². The van der Waals surface area contributed by atoms with Crippen molar-refractivity contribution in [2.24, 2.45) is 5.73 Å². The lowest BCUT2D eigenvalue weighted by molar-refractivity contribution is 0.0912. The number of nitrogens with two attached hydrogens (primary N) is 1. The summed E-state index contributed by atoms with van der Waals surface area (Å²) < 4.78 is 4.75. The van der Waals surface area contributed by atoms with Gasteiger partial charge >= 0.3 is 0 Å². The predicted molar refractivity (Wildman–Crippen MR) is 56.7 cm³/mol. The molecule has 0 saturated heterocycles. The Morgan fingerprint density at radius 1 is 1.44 bits per heavy atom. The minimum atomic E-state index is -0.266. The number of hydrogen-bond acceptors (Lipinski definition) is 5. The molecule has 0 radical (unpaired) electrons. The van der Waals surface area contributed by atoms with Crippen molar-refractivity contribution >= 4 is 5.91 Å². The van der Waals surface area contributed by atoms with Crippen LogP contribution in [0.2, 0.25) is 0 Å². The SMILES string of the molecule is Cc1nc(C(=O)NC2CCC(N)CC2)no1. The lowest BCUT2D eigenvalue weighted by atomic mass is 9.92. The summed E-state index contributed by atoms with van der Waals surface area (Å²) in [6.45, 7) is 1.66. The molecule has 88 valence electrons. The highest BCUT2D eigenvalue weighted by Crippen LogP contribution is 2.17. The predicted octanol–water partition coefficient (Wildman–Crippen LogP) is 0.378. The first-order valence-corrected chi connectivity index (χ1v) is 5.52. The number of hydrogen-bond donors (Lipinski definition) is 2. The molecule has 1 aliphatic rings. The molecule has 0 bridgehead atoms. The third-order valence-corrected chi connectivity index (χ3v) is 2.84. The van der Waals surface area contributed by atoms with Gasteiger partial charge in [0.25, 0.3) is 11.7 Å². The smallest absolute Gasteiger partial charge is 0.292 e. The minimum absolute atomic E-state index is 0.104. The highest BCUT2D eigenvalue weighted by molar-refractivity contribution is 5.90. The van der Waals surface area contributed by atoms with Crippen LogP contribution in [0.4, 0.5) is 0 Å². The van der Waals surface area contributed by atoms with E-state index < -0.39 is 0 Å². The van der Waals surface area contributed by atoms with E-state index in [2.05, 4.69) is 15.5 Å². The Morgan fingerprint density at radius 2 is 2.12 bits per heavy atom. The van der Waals surface area contributed by atoms with Gasteiger partial charge in [0.2, 0.25) is 5.89 Å². The fraction of sp³-hybridized carbons (Fsp3) is 0.700. The number of rotatable bonds is 2. The molecule has 0 spiro atoms. The zero-order chi connectivity index (χ0) is 11.5. The van der Waals surface area contributed by atoms with Gasteiger partial charge in [-0.25, -0.2) is 0 Å². The molecule has 0 aromatic carbocycles. The summed E-state index contributed by atoms with van der Waals surface area (Å²) in [6, 6.07) is 0.465. The highest BCUT2D eigenvalue weighted by Gasteiger charge is 2.22. The van der Waals surface area contributed by atoms with Gasteiger partial charge in [-0.1, -0.05) is 5.16 Å². The summed E-state index contributed by atoms with van der Waals surface area (Å²) in [7, 11) is 0. The number of aromatic nitrogens is 2. The van der Waals surface area contributed by atoms with Crippen molar-refractivity contribution in [1.82, 2.24) is 15.5 Å². The van der Waals surface area contributed by atoms with Crippen LogP contribution < -0.4 is 11.1 Å². The van der Waals surface area contributed by atoms with E-state index in [1.165, 1.54) is 0 Å². The lowest BCUT2D eigenvalue weighted by Crippen LogP contribution is -2.40. The third-order valence-electron chi connectivity index (χ3n) is 2.84. The fourth-order valence-corrected chi connectivity index (χ4v) is 1.90. The number of nitrogens with one attached hydrogen (secondary N) is 1. The molecule has 6 nitrogen and oxygen atoms in total. The van der Waals surface area contributed by atoms with Crippen LogP contribution in [0.1, 0.15) is 42.2 Å². The Balaban J connectivity index is 1.88. The van der Waals surface area contributed by atoms with E-state index in [-0.39, 0.29) is 23.8 Å². The van der Waals surface area contributed by atoms with Crippen LogP contribution in [-0.2, 0) is 0 Å². The molecule has 0 unspecified atom stereocenters. The number of carbonyl (C=O) groups is 1. The molecule has 1 fully saturated rings. The van der Waals surface area contributed by atoms with E-state index in [9.17, 15) is 4.79 Å². The molecule has 1 aromatic heterocycles. The third kappa shape index (κ3) is 2.57. The van der Waals surface area contributed by atoms with Crippen LogP contribution in [0.15, 0.2) is 4.52 Å².